The van der Waals surface area contributed by atoms with Gasteiger partial charge >= 0.3 is 0 Å². The van der Waals surface area contributed by atoms with Gasteiger partial charge in [0.2, 0.25) is 0 Å². The summed E-state index contributed by atoms with van der Waals surface area (Å²) in [5, 5.41) is 1.07. The van der Waals surface area contributed by atoms with Gasteiger partial charge in [0, 0.05) is 5.39 Å². The average Bonchev–Trinajstić information content (AvgIpc) is 2.75. The van der Waals surface area contributed by atoms with Gasteiger partial charge in [0.05, 0.1) is 0 Å². The number of allylic oxidation sites excluding steroid dienone is 1. The highest BCUT2D eigenvalue weighted by atomic mass is 19.1. The number of hydrogen-bond acceptors (Lipinski definition) is 1. The minimum atomic E-state index is -0.472. The lowest BCUT2D eigenvalue weighted by molar-refractivity contribution is 0.113. The lowest BCUT2D eigenvalue weighted by Crippen LogP contribution is -2.30. The van der Waals surface area contributed by atoms with Gasteiger partial charge in [0.1, 0.15) is 12.4 Å². The van der Waals surface area contributed by atoms with E-state index < -0.39 is 5.82 Å². The molecule has 0 aromatic heterocycles. The van der Waals surface area contributed by atoms with Gasteiger partial charge in [-0.2, -0.15) is 0 Å². The van der Waals surface area contributed by atoms with E-state index in [0.29, 0.717) is 12.0 Å². The molecule has 4 unspecified atom stereocenters. The van der Waals surface area contributed by atoms with Crippen LogP contribution in [0.3, 0.4) is 0 Å². The van der Waals surface area contributed by atoms with Gasteiger partial charge in [-0.25, -0.2) is 8.78 Å². The molecule has 0 N–H and O–H groups in total. The highest BCUT2D eigenvalue weighted by Crippen LogP contribution is 2.49. The van der Waals surface area contributed by atoms with E-state index in [1.54, 1.807) is 6.07 Å². The monoisotopic (exact) mass is 412 g/mol. The first kappa shape index (κ1) is 21.3. The van der Waals surface area contributed by atoms with Crippen LogP contribution in [0.15, 0.2) is 36.4 Å². The van der Waals surface area contributed by atoms with E-state index >= 15 is 4.39 Å². The van der Waals surface area contributed by atoms with Crippen LogP contribution in [0, 0.1) is 29.4 Å². The van der Waals surface area contributed by atoms with Crippen molar-refractivity contribution in [1.82, 2.24) is 0 Å². The smallest absolute Gasteiger partial charge is 0.172 e. The van der Waals surface area contributed by atoms with Crippen LogP contribution in [0.5, 0.6) is 5.75 Å². The first-order valence-electron chi connectivity index (χ1n) is 11.8. The van der Waals surface area contributed by atoms with Crippen molar-refractivity contribution in [2.75, 3.05) is 6.61 Å². The summed E-state index contributed by atoms with van der Waals surface area (Å²) in [5.74, 6) is 2.15. The molecule has 0 amide bonds. The summed E-state index contributed by atoms with van der Waals surface area (Å²) in [4.78, 5) is 0. The Hall–Kier alpha value is -1.90. The molecule has 2 aromatic carbocycles. The average molecular weight is 413 g/mol. The van der Waals surface area contributed by atoms with Gasteiger partial charge in [-0.1, -0.05) is 44.4 Å². The maximum atomic E-state index is 15.1. The van der Waals surface area contributed by atoms with E-state index in [-0.39, 0.29) is 17.5 Å². The molecule has 0 heterocycles. The zero-order valence-corrected chi connectivity index (χ0v) is 18.3. The Bertz CT molecular complexity index is 903. The van der Waals surface area contributed by atoms with Crippen LogP contribution in [0.4, 0.5) is 8.78 Å². The van der Waals surface area contributed by atoms with Crippen molar-refractivity contribution < 1.29 is 13.5 Å². The number of halogens is 2. The van der Waals surface area contributed by atoms with Crippen molar-refractivity contribution in [3.8, 4) is 5.75 Å². The molecule has 0 spiro atoms. The lowest BCUT2D eigenvalue weighted by Gasteiger charge is -2.42. The largest absolute Gasteiger partial charge is 0.486 e. The Morgan fingerprint density at radius 3 is 2.63 bits per heavy atom. The van der Waals surface area contributed by atoms with E-state index in [1.165, 1.54) is 44.6 Å². The molecule has 2 aliphatic rings. The third kappa shape index (κ3) is 4.40. The summed E-state index contributed by atoms with van der Waals surface area (Å²) in [5.41, 5.74) is 0.776. The van der Waals surface area contributed by atoms with Crippen molar-refractivity contribution in [1.29, 1.82) is 0 Å². The summed E-state index contributed by atoms with van der Waals surface area (Å²) in [7, 11) is 0. The van der Waals surface area contributed by atoms with E-state index in [1.807, 2.05) is 31.2 Å². The third-order valence-corrected chi connectivity index (χ3v) is 7.47. The highest BCUT2D eigenvalue weighted by molar-refractivity contribution is 5.85. The first-order valence-corrected chi connectivity index (χ1v) is 11.8. The number of benzene rings is 2. The summed E-state index contributed by atoms with van der Waals surface area (Å²) in [6.07, 6.45) is 13.7. The van der Waals surface area contributed by atoms with Crippen LogP contribution in [-0.4, -0.2) is 6.61 Å². The molecular weight excluding hydrogens is 378 g/mol. The molecule has 1 nitrogen and oxygen atoms in total. The van der Waals surface area contributed by atoms with Crippen molar-refractivity contribution in [3.05, 3.63) is 53.6 Å². The molecule has 2 fully saturated rings. The second kappa shape index (κ2) is 9.49. The maximum Gasteiger partial charge on any atom is 0.172 e. The van der Waals surface area contributed by atoms with Gasteiger partial charge in [-0.3, -0.25) is 0 Å². The molecule has 30 heavy (non-hydrogen) atoms. The molecule has 4 rings (SSSR count). The van der Waals surface area contributed by atoms with Crippen molar-refractivity contribution in [2.24, 2.45) is 17.8 Å². The molecular formula is C27H34F2O. The zero-order valence-electron chi connectivity index (χ0n) is 18.3. The summed E-state index contributed by atoms with van der Waals surface area (Å²) < 4.78 is 35.4. The Kier molecular flexibility index (Phi) is 6.75. The molecule has 3 heteroatoms. The predicted molar refractivity (Wildman–Crippen MR) is 120 cm³/mol. The minimum absolute atomic E-state index is 0.178. The SMILES string of the molecule is CC=CCOc1ccc2cc(C3CCC4CC(CCC)CCC4C3)c(F)cc2c1F. The van der Waals surface area contributed by atoms with Gasteiger partial charge in [0.15, 0.2) is 11.6 Å². The third-order valence-electron chi connectivity index (χ3n) is 7.47. The summed E-state index contributed by atoms with van der Waals surface area (Å²) >= 11 is 0. The molecule has 2 saturated carbocycles. The Morgan fingerprint density at radius 2 is 1.83 bits per heavy atom. The number of rotatable bonds is 6. The number of hydrogen-bond donors (Lipinski definition) is 0. The Balaban J connectivity index is 1.52. The van der Waals surface area contributed by atoms with Gasteiger partial charge in [0.25, 0.3) is 0 Å². The molecule has 0 bridgehead atoms. The van der Waals surface area contributed by atoms with E-state index in [9.17, 15) is 4.39 Å². The van der Waals surface area contributed by atoms with Crippen molar-refractivity contribution >= 4 is 10.8 Å². The molecule has 162 valence electrons. The van der Waals surface area contributed by atoms with Crippen molar-refractivity contribution in [3.63, 3.8) is 0 Å². The highest BCUT2D eigenvalue weighted by Gasteiger charge is 2.36. The topological polar surface area (TPSA) is 9.23 Å². The van der Waals surface area contributed by atoms with Crippen LogP contribution < -0.4 is 4.74 Å². The fourth-order valence-corrected chi connectivity index (χ4v) is 5.90. The van der Waals surface area contributed by atoms with E-state index in [2.05, 4.69) is 6.92 Å². The van der Waals surface area contributed by atoms with Gasteiger partial charge < -0.3 is 4.74 Å². The molecule has 2 aliphatic carbocycles. The van der Waals surface area contributed by atoms with Crippen molar-refractivity contribution in [2.45, 2.75) is 71.1 Å². The fourth-order valence-electron chi connectivity index (χ4n) is 5.90. The molecule has 0 aliphatic heterocycles. The standard InChI is InChI=1S/C27H34F2O/c1-3-5-13-30-26-12-11-22-16-23(25(28)17-24(22)27(26)29)21-10-9-19-14-18(6-4-2)7-8-20(19)15-21/h3,5,11-12,16-21H,4,6-10,13-15H2,1-2H3. The predicted octanol–water partition coefficient (Wildman–Crippen LogP) is 8.17. The maximum absolute atomic E-state index is 15.1. The summed E-state index contributed by atoms with van der Waals surface area (Å²) in [6, 6.07) is 6.78. The molecule has 0 saturated heterocycles. The van der Waals surface area contributed by atoms with Crippen LogP contribution >= 0.6 is 0 Å². The number of fused-ring (bicyclic) bond motifs is 2. The quantitative estimate of drug-likeness (QED) is 0.435. The van der Waals surface area contributed by atoms with Gasteiger partial charge in [-0.05, 0) is 91.8 Å². The second-order valence-corrected chi connectivity index (χ2v) is 9.35. The Morgan fingerprint density at radius 1 is 1.03 bits per heavy atom. The van der Waals surface area contributed by atoms with Gasteiger partial charge in [-0.15, -0.1) is 0 Å². The first-order chi connectivity index (χ1) is 14.6. The second-order valence-electron chi connectivity index (χ2n) is 9.35. The molecule has 2 aromatic rings. The fraction of sp³-hybridized carbons (Fsp3) is 0.556. The normalized spacial score (nSPS) is 26.8. The van der Waals surface area contributed by atoms with E-state index in [0.717, 1.165) is 41.5 Å². The van der Waals surface area contributed by atoms with Crippen LogP contribution in [-0.2, 0) is 0 Å². The Labute approximate surface area is 179 Å². The van der Waals surface area contributed by atoms with Crippen LogP contribution in [0.1, 0.15) is 76.7 Å². The van der Waals surface area contributed by atoms with Crippen LogP contribution in [0.2, 0.25) is 0 Å². The lowest BCUT2D eigenvalue weighted by atomic mass is 9.63. The summed E-state index contributed by atoms with van der Waals surface area (Å²) in [6.45, 7) is 4.48. The molecule has 0 radical (unpaired) electrons. The van der Waals surface area contributed by atoms with E-state index in [4.69, 9.17) is 4.74 Å². The van der Waals surface area contributed by atoms with Crippen LogP contribution in [0.25, 0.3) is 10.8 Å². The molecule has 4 atom stereocenters. The minimum Gasteiger partial charge on any atom is -0.486 e. The zero-order chi connectivity index (χ0) is 21.1. The number of ether oxygens (including phenoxy) is 1.